The van der Waals surface area contributed by atoms with Crippen molar-refractivity contribution in [1.29, 1.82) is 0 Å². The highest BCUT2D eigenvalue weighted by atomic mass is 16.5. The van der Waals surface area contributed by atoms with E-state index in [1.807, 2.05) is 37.3 Å². The van der Waals surface area contributed by atoms with Crippen molar-refractivity contribution in [2.45, 2.75) is 19.4 Å². The molecule has 0 bridgehead atoms. The third-order valence-corrected chi connectivity index (χ3v) is 3.07. The average Bonchev–Trinajstić information content (AvgIpc) is 2.44. The summed E-state index contributed by atoms with van der Waals surface area (Å²) in [6.07, 6.45) is 0.490. The summed E-state index contributed by atoms with van der Waals surface area (Å²) >= 11 is 0. The number of fused-ring (bicyclic) bond motifs is 1. The molecule has 2 rings (SSSR count). The maximum atomic E-state index is 12.1. The minimum atomic E-state index is -0.581. The first-order valence-electron chi connectivity index (χ1n) is 6.53. The molecule has 0 aliphatic rings. The Kier molecular flexibility index (Phi) is 4.65. The van der Waals surface area contributed by atoms with Gasteiger partial charge in [0.2, 0.25) is 5.91 Å². The number of hydrogen-bond acceptors (Lipinski definition) is 4. The third-order valence-electron chi connectivity index (χ3n) is 3.07. The van der Waals surface area contributed by atoms with Crippen LogP contribution in [0.2, 0.25) is 0 Å². The first-order valence-corrected chi connectivity index (χ1v) is 6.53. The Morgan fingerprint density at radius 3 is 2.95 bits per heavy atom. The molecule has 1 aromatic carbocycles. The molecule has 1 heterocycles. The molecule has 0 saturated heterocycles. The number of benzene rings is 1. The molecule has 0 aliphatic carbocycles. The van der Waals surface area contributed by atoms with E-state index in [0.29, 0.717) is 13.0 Å². The van der Waals surface area contributed by atoms with Crippen molar-refractivity contribution in [2.75, 3.05) is 19.0 Å². The van der Waals surface area contributed by atoms with E-state index in [-0.39, 0.29) is 5.91 Å². The van der Waals surface area contributed by atoms with Crippen LogP contribution in [0.25, 0.3) is 10.9 Å². The Labute approximate surface area is 118 Å². The molecule has 5 nitrogen and oxygen atoms in total. The van der Waals surface area contributed by atoms with Crippen molar-refractivity contribution in [2.24, 2.45) is 5.73 Å². The van der Waals surface area contributed by atoms with Crippen LogP contribution in [0.15, 0.2) is 30.3 Å². The summed E-state index contributed by atoms with van der Waals surface area (Å²) in [5.41, 5.74) is 8.27. The fourth-order valence-corrected chi connectivity index (χ4v) is 2.01. The predicted octanol–water partition coefficient (Wildman–Crippen LogP) is 1.85. The van der Waals surface area contributed by atoms with Crippen molar-refractivity contribution >= 4 is 22.5 Å². The number of aromatic nitrogens is 1. The van der Waals surface area contributed by atoms with Gasteiger partial charge in [-0.2, -0.15) is 0 Å². The molecule has 0 fully saturated rings. The van der Waals surface area contributed by atoms with Gasteiger partial charge < -0.3 is 15.8 Å². The molecule has 1 atom stereocenters. The van der Waals surface area contributed by atoms with Crippen molar-refractivity contribution in [3.8, 4) is 0 Å². The zero-order valence-electron chi connectivity index (χ0n) is 11.7. The molecule has 5 heteroatoms. The summed E-state index contributed by atoms with van der Waals surface area (Å²) in [7, 11) is 1.59. The summed E-state index contributed by atoms with van der Waals surface area (Å²) < 4.78 is 4.93. The second-order valence-electron chi connectivity index (χ2n) is 4.71. The van der Waals surface area contributed by atoms with Crippen molar-refractivity contribution in [3.63, 3.8) is 0 Å². The van der Waals surface area contributed by atoms with E-state index in [2.05, 4.69) is 10.3 Å². The predicted molar refractivity (Wildman–Crippen MR) is 79.6 cm³/mol. The Morgan fingerprint density at radius 2 is 2.20 bits per heavy atom. The van der Waals surface area contributed by atoms with Gasteiger partial charge in [0.1, 0.15) is 0 Å². The topological polar surface area (TPSA) is 77.2 Å². The lowest BCUT2D eigenvalue weighted by Gasteiger charge is -2.13. The standard InChI is InChI=1S/C15H19N3O2/c1-10-9-14(11-5-3-4-6-13(11)17-10)18-15(19)12(16)7-8-20-2/h3-6,9,12H,7-8,16H2,1-2H3,(H,17,18,19). The summed E-state index contributed by atoms with van der Waals surface area (Å²) in [4.78, 5) is 16.5. The SMILES string of the molecule is COCCC(N)C(=O)Nc1cc(C)nc2ccccc12. The van der Waals surface area contributed by atoms with Crippen LogP contribution in [0, 0.1) is 6.92 Å². The first kappa shape index (κ1) is 14.4. The van der Waals surface area contributed by atoms with Gasteiger partial charge in [0.15, 0.2) is 0 Å². The maximum Gasteiger partial charge on any atom is 0.241 e. The largest absolute Gasteiger partial charge is 0.385 e. The minimum absolute atomic E-state index is 0.210. The average molecular weight is 273 g/mol. The van der Waals surface area contributed by atoms with E-state index in [1.165, 1.54) is 0 Å². The molecule has 20 heavy (non-hydrogen) atoms. The van der Waals surface area contributed by atoms with Crippen LogP contribution in [0.4, 0.5) is 5.69 Å². The number of aryl methyl sites for hydroxylation is 1. The number of carbonyl (C=O) groups excluding carboxylic acids is 1. The number of methoxy groups -OCH3 is 1. The van der Waals surface area contributed by atoms with Gasteiger partial charge in [0.25, 0.3) is 0 Å². The van der Waals surface area contributed by atoms with Crippen LogP contribution in [0.5, 0.6) is 0 Å². The Hall–Kier alpha value is -1.98. The maximum absolute atomic E-state index is 12.1. The number of nitrogens with zero attached hydrogens (tertiary/aromatic N) is 1. The molecule has 2 aromatic rings. The van der Waals surface area contributed by atoms with Gasteiger partial charge in [0.05, 0.1) is 17.2 Å². The number of rotatable bonds is 5. The fraction of sp³-hybridized carbons (Fsp3) is 0.333. The van der Waals surface area contributed by atoms with E-state index in [1.54, 1.807) is 7.11 Å². The molecule has 106 valence electrons. The Bertz CT molecular complexity index is 613. The number of amides is 1. The van der Waals surface area contributed by atoms with E-state index in [9.17, 15) is 4.79 Å². The highest BCUT2D eigenvalue weighted by molar-refractivity contribution is 6.02. The van der Waals surface area contributed by atoms with Gasteiger partial charge in [-0.1, -0.05) is 18.2 Å². The smallest absolute Gasteiger partial charge is 0.241 e. The quantitative estimate of drug-likeness (QED) is 0.871. The molecule has 0 aliphatic heterocycles. The number of ether oxygens (including phenoxy) is 1. The normalized spacial score (nSPS) is 12.3. The van der Waals surface area contributed by atoms with Crippen molar-refractivity contribution < 1.29 is 9.53 Å². The third kappa shape index (κ3) is 3.31. The summed E-state index contributed by atoms with van der Waals surface area (Å²) in [5, 5.41) is 3.78. The Morgan fingerprint density at radius 1 is 1.45 bits per heavy atom. The van der Waals surface area contributed by atoms with Crippen LogP contribution in [-0.2, 0) is 9.53 Å². The summed E-state index contributed by atoms with van der Waals surface area (Å²) in [6, 6.07) is 8.96. The number of carbonyl (C=O) groups is 1. The van der Waals surface area contributed by atoms with Crippen LogP contribution < -0.4 is 11.1 Å². The molecule has 1 aromatic heterocycles. The van der Waals surface area contributed by atoms with Gasteiger partial charge in [-0.15, -0.1) is 0 Å². The lowest BCUT2D eigenvalue weighted by atomic mass is 10.1. The number of anilines is 1. The van der Waals surface area contributed by atoms with Crippen LogP contribution in [0.3, 0.4) is 0 Å². The Balaban J connectivity index is 2.23. The van der Waals surface area contributed by atoms with Gasteiger partial charge in [-0.05, 0) is 25.5 Å². The van der Waals surface area contributed by atoms with Gasteiger partial charge in [-0.25, -0.2) is 0 Å². The first-order chi connectivity index (χ1) is 9.61. The van der Waals surface area contributed by atoms with E-state index in [4.69, 9.17) is 10.5 Å². The molecule has 1 unspecified atom stereocenters. The van der Waals surface area contributed by atoms with Crippen molar-refractivity contribution in [1.82, 2.24) is 4.98 Å². The second-order valence-corrected chi connectivity index (χ2v) is 4.71. The monoisotopic (exact) mass is 273 g/mol. The zero-order valence-corrected chi connectivity index (χ0v) is 11.7. The van der Waals surface area contributed by atoms with Gasteiger partial charge in [0, 0.05) is 24.8 Å². The van der Waals surface area contributed by atoms with E-state index >= 15 is 0 Å². The molecule has 3 N–H and O–H groups in total. The molecule has 1 amide bonds. The minimum Gasteiger partial charge on any atom is -0.385 e. The zero-order chi connectivity index (χ0) is 14.5. The van der Waals surface area contributed by atoms with Crippen molar-refractivity contribution in [3.05, 3.63) is 36.0 Å². The fourth-order valence-electron chi connectivity index (χ4n) is 2.01. The van der Waals surface area contributed by atoms with E-state index < -0.39 is 6.04 Å². The number of para-hydroxylation sites is 1. The van der Waals surface area contributed by atoms with Gasteiger partial charge >= 0.3 is 0 Å². The highest BCUT2D eigenvalue weighted by Crippen LogP contribution is 2.22. The number of hydrogen-bond donors (Lipinski definition) is 2. The molecule has 0 spiro atoms. The van der Waals surface area contributed by atoms with Crippen LogP contribution in [0.1, 0.15) is 12.1 Å². The lowest BCUT2D eigenvalue weighted by Crippen LogP contribution is -2.36. The summed E-state index contributed by atoms with van der Waals surface area (Å²) in [6.45, 7) is 2.36. The highest BCUT2D eigenvalue weighted by Gasteiger charge is 2.14. The van der Waals surface area contributed by atoms with Crippen LogP contribution in [-0.4, -0.2) is 30.6 Å². The molecule has 0 radical (unpaired) electrons. The molecule has 0 saturated carbocycles. The number of pyridine rings is 1. The number of nitrogens with one attached hydrogen (secondary N) is 1. The number of nitrogens with two attached hydrogens (primary N) is 1. The molecular formula is C15H19N3O2. The summed E-state index contributed by atoms with van der Waals surface area (Å²) in [5.74, 6) is -0.210. The van der Waals surface area contributed by atoms with Gasteiger partial charge in [-0.3, -0.25) is 9.78 Å². The molecular weight excluding hydrogens is 254 g/mol. The lowest BCUT2D eigenvalue weighted by molar-refractivity contribution is -0.117. The second kappa shape index (κ2) is 6.45. The van der Waals surface area contributed by atoms with Crippen LogP contribution >= 0.6 is 0 Å². The van der Waals surface area contributed by atoms with E-state index in [0.717, 1.165) is 22.3 Å².